The summed E-state index contributed by atoms with van der Waals surface area (Å²) in [4.78, 5) is 15.8. The van der Waals surface area contributed by atoms with Gasteiger partial charge in [0.15, 0.2) is 11.6 Å². The Morgan fingerprint density at radius 3 is 2.72 bits per heavy atom. The second-order valence-corrected chi connectivity index (χ2v) is 4.55. The molecule has 18 heavy (non-hydrogen) atoms. The molecule has 1 amide bonds. The van der Waals surface area contributed by atoms with Gasteiger partial charge < -0.3 is 9.80 Å². The molecule has 0 N–H and O–H groups in total. The van der Waals surface area contributed by atoms with Gasteiger partial charge in [-0.1, -0.05) is 6.07 Å². The lowest BCUT2D eigenvalue weighted by molar-refractivity contribution is 0.0757. The van der Waals surface area contributed by atoms with Crippen molar-refractivity contribution in [1.29, 1.82) is 0 Å². The van der Waals surface area contributed by atoms with Gasteiger partial charge >= 0.3 is 0 Å². The van der Waals surface area contributed by atoms with E-state index in [1.165, 1.54) is 12.1 Å². The summed E-state index contributed by atoms with van der Waals surface area (Å²) in [7, 11) is 1.98. The minimum absolute atomic E-state index is 0.181. The third-order valence-corrected chi connectivity index (χ3v) is 3.19. The van der Waals surface area contributed by atoms with Crippen LogP contribution in [-0.2, 0) is 0 Å². The zero-order valence-corrected chi connectivity index (χ0v) is 10.3. The molecule has 1 aromatic rings. The fraction of sp³-hybridized carbons (Fsp3) is 0.462. The summed E-state index contributed by atoms with van der Waals surface area (Å²) in [5, 5.41) is 0. The van der Waals surface area contributed by atoms with Crippen LogP contribution >= 0.6 is 0 Å². The van der Waals surface area contributed by atoms with Crippen LogP contribution in [0.1, 0.15) is 16.8 Å². The van der Waals surface area contributed by atoms with E-state index in [4.69, 9.17) is 0 Å². The molecule has 1 aromatic carbocycles. The molecular weight excluding hydrogens is 238 g/mol. The molecule has 0 saturated carbocycles. The van der Waals surface area contributed by atoms with E-state index in [0.29, 0.717) is 13.1 Å². The van der Waals surface area contributed by atoms with Gasteiger partial charge in [-0.25, -0.2) is 8.78 Å². The number of benzene rings is 1. The van der Waals surface area contributed by atoms with Crippen LogP contribution in [0.25, 0.3) is 0 Å². The molecule has 1 aliphatic rings. The van der Waals surface area contributed by atoms with Crippen molar-refractivity contribution in [3.63, 3.8) is 0 Å². The number of carbonyl (C=O) groups excluding carboxylic acids is 1. The van der Waals surface area contributed by atoms with Crippen LogP contribution in [-0.4, -0.2) is 48.9 Å². The monoisotopic (exact) mass is 254 g/mol. The molecule has 98 valence electrons. The van der Waals surface area contributed by atoms with Crippen molar-refractivity contribution in [1.82, 2.24) is 9.80 Å². The molecular formula is C13H16F2N2O. The Kier molecular flexibility index (Phi) is 3.91. The Balaban J connectivity index is 2.18. The quantitative estimate of drug-likeness (QED) is 0.762. The molecule has 3 nitrogen and oxygen atoms in total. The average molecular weight is 254 g/mol. The van der Waals surface area contributed by atoms with Crippen molar-refractivity contribution in [2.45, 2.75) is 6.42 Å². The Morgan fingerprint density at radius 2 is 1.94 bits per heavy atom. The zero-order valence-electron chi connectivity index (χ0n) is 10.3. The summed E-state index contributed by atoms with van der Waals surface area (Å²) in [5.74, 6) is -2.46. The van der Waals surface area contributed by atoms with E-state index in [2.05, 4.69) is 4.90 Å². The predicted octanol–water partition coefficient (Wildman–Crippen LogP) is 1.74. The van der Waals surface area contributed by atoms with E-state index < -0.39 is 17.5 Å². The highest BCUT2D eigenvalue weighted by atomic mass is 19.2. The lowest BCUT2D eigenvalue weighted by Gasteiger charge is -2.20. The van der Waals surface area contributed by atoms with Crippen LogP contribution in [0.3, 0.4) is 0 Å². The molecule has 1 heterocycles. The van der Waals surface area contributed by atoms with E-state index in [1.54, 1.807) is 4.90 Å². The summed E-state index contributed by atoms with van der Waals surface area (Å²) >= 11 is 0. The predicted molar refractivity (Wildman–Crippen MR) is 64.4 cm³/mol. The average Bonchev–Trinajstić information content (AvgIpc) is 2.57. The fourth-order valence-electron chi connectivity index (χ4n) is 2.09. The molecule has 2 rings (SSSR count). The number of halogens is 2. The Hall–Kier alpha value is -1.49. The molecule has 0 unspecified atom stereocenters. The van der Waals surface area contributed by atoms with Crippen LogP contribution in [0.4, 0.5) is 8.78 Å². The highest BCUT2D eigenvalue weighted by Crippen LogP contribution is 2.15. The van der Waals surface area contributed by atoms with Crippen molar-refractivity contribution < 1.29 is 13.6 Å². The maximum absolute atomic E-state index is 13.6. The number of likely N-dealkylation sites (N-methyl/N-ethyl adjacent to an activating group) is 1. The lowest BCUT2D eigenvalue weighted by atomic mass is 10.1. The number of rotatable bonds is 1. The van der Waals surface area contributed by atoms with Crippen molar-refractivity contribution in [3.05, 3.63) is 35.4 Å². The van der Waals surface area contributed by atoms with Crippen LogP contribution in [0.2, 0.25) is 0 Å². The highest BCUT2D eigenvalue weighted by molar-refractivity contribution is 5.94. The Morgan fingerprint density at radius 1 is 1.17 bits per heavy atom. The first kappa shape index (κ1) is 13.0. The summed E-state index contributed by atoms with van der Waals surface area (Å²) in [5.41, 5.74) is -0.181. The number of carbonyl (C=O) groups is 1. The number of nitrogens with zero attached hydrogens (tertiary/aromatic N) is 2. The Labute approximate surface area is 105 Å². The summed E-state index contributed by atoms with van der Waals surface area (Å²) in [6.45, 7) is 2.79. The molecule has 0 aliphatic carbocycles. The first-order chi connectivity index (χ1) is 8.59. The molecule has 0 spiro atoms. The van der Waals surface area contributed by atoms with Crippen LogP contribution < -0.4 is 0 Å². The zero-order chi connectivity index (χ0) is 13.1. The van der Waals surface area contributed by atoms with Gasteiger partial charge in [-0.05, 0) is 32.1 Å². The van der Waals surface area contributed by atoms with E-state index in [-0.39, 0.29) is 5.56 Å². The van der Waals surface area contributed by atoms with Gasteiger partial charge in [-0.3, -0.25) is 4.79 Å². The second-order valence-electron chi connectivity index (χ2n) is 4.55. The van der Waals surface area contributed by atoms with Crippen molar-refractivity contribution in [3.8, 4) is 0 Å². The summed E-state index contributed by atoms with van der Waals surface area (Å²) < 4.78 is 26.6. The third kappa shape index (κ3) is 2.67. The minimum atomic E-state index is -1.06. The van der Waals surface area contributed by atoms with Crippen LogP contribution in [0.15, 0.2) is 18.2 Å². The first-order valence-corrected chi connectivity index (χ1v) is 6.01. The van der Waals surface area contributed by atoms with E-state index >= 15 is 0 Å². The first-order valence-electron chi connectivity index (χ1n) is 6.01. The maximum Gasteiger partial charge on any atom is 0.256 e. The Bertz CT molecular complexity index is 451. The van der Waals surface area contributed by atoms with E-state index in [9.17, 15) is 13.6 Å². The number of hydrogen-bond donors (Lipinski definition) is 0. The van der Waals surface area contributed by atoms with E-state index in [0.717, 1.165) is 25.6 Å². The largest absolute Gasteiger partial charge is 0.337 e. The molecule has 0 radical (unpaired) electrons. The van der Waals surface area contributed by atoms with Gasteiger partial charge in [-0.2, -0.15) is 0 Å². The van der Waals surface area contributed by atoms with Gasteiger partial charge in [0.05, 0.1) is 5.56 Å². The van der Waals surface area contributed by atoms with Gasteiger partial charge in [0.2, 0.25) is 0 Å². The molecule has 5 heteroatoms. The van der Waals surface area contributed by atoms with Crippen molar-refractivity contribution >= 4 is 5.91 Å². The second kappa shape index (κ2) is 5.44. The number of hydrogen-bond acceptors (Lipinski definition) is 2. The molecule has 0 bridgehead atoms. The lowest BCUT2D eigenvalue weighted by Crippen LogP contribution is -2.35. The van der Waals surface area contributed by atoms with Gasteiger partial charge in [0.25, 0.3) is 5.91 Å². The molecule has 1 fully saturated rings. The SMILES string of the molecule is CN1CCCN(C(=O)c2cccc(F)c2F)CC1. The van der Waals surface area contributed by atoms with Crippen LogP contribution in [0, 0.1) is 11.6 Å². The summed E-state index contributed by atoms with van der Waals surface area (Å²) in [6.07, 6.45) is 0.846. The van der Waals surface area contributed by atoms with Gasteiger partial charge in [-0.15, -0.1) is 0 Å². The fourth-order valence-corrected chi connectivity index (χ4v) is 2.09. The molecule has 1 aliphatic heterocycles. The minimum Gasteiger partial charge on any atom is -0.337 e. The third-order valence-electron chi connectivity index (χ3n) is 3.19. The van der Waals surface area contributed by atoms with Crippen molar-refractivity contribution in [2.24, 2.45) is 0 Å². The normalized spacial score (nSPS) is 17.6. The topological polar surface area (TPSA) is 23.6 Å². The number of amides is 1. The standard InChI is InChI=1S/C13H16F2N2O/c1-16-6-3-7-17(9-8-16)13(18)10-4-2-5-11(14)12(10)15/h2,4-5H,3,6-9H2,1H3. The molecule has 0 aromatic heterocycles. The maximum atomic E-state index is 13.6. The smallest absolute Gasteiger partial charge is 0.256 e. The van der Waals surface area contributed by atoms with Gasteiger partial charge in [0, 0.05) is 19.6 Å². The highest BCUT2D eigenvalue weighted by Gasteiger charge is 2.22. The summed E-state index contributed by atoms with van der Waals surface area (Å²) in [6, 6.07) is 3.70. The van der Waals surface area contributed by atoms with Crippen molar-refractivity contribution in [2.75, 3.05) is 33.2 Å². The molecule has 0 atom stereocenters. The molecule has 1 saturated heterocycles. The van der Waals surface area contributed by atoms with Crippen LogP contribution in [0.5, 0.6) is 0 Å². The van der Waals surface area contributed by atoms with Gasteiger partial charge in [0.1, 0.15) is 0 Å². The van der Waals surface area contributed by atoms with E-state index in [1.807, 2.05) is 7.05 Å².